The Labute approximate surface area is 403 Å². The number of carbonyl (C=O) groups is 4. The van der Waals surface area contributed by atoms with Crippen LogP contribution >= 0.6 is 0 Å². The fourth-order valence-electron chi connectivity index (χ4n) is 11.7. The van der Waals surface area contributed by atoms with Gasteiger partial charge in [0.15, 0.2) is 0 Å². The van der Waals surface area contributed by atoms with E-state index in [0.29, 0.717) is 36.2 Å². The summed E-state index contributed by atoms with van der Waals surface area (Å²) in [5.41, 5.74) is 9.53. The van der Waals surface area contributed by atoms with Gasteiger partial charge in [0.1, 0.15) is 24.1 Å². The summed E-state index contributed by atoms with van der Waals surface area (Å²) in [6, 6.07) is 17.1. The summed E-state index contributed by atoms with van der Waals surface area (Å²) in [7, 11) is 2.58. The number of hydrogen-bond acceptors (Lipinski definition) is 9. The molecule has 15 heteroatoms. The topological polar surface area (TPSA) is 181 Å². The molecule has 0 radical (unpaired) electrons. The zero-order chi connectivity index (χ0) is 48.9. The average molecular weight is 939 g/mol. The van der Waals surface area contributed by atoms with Crippen LogP contribution < -0.4 is 16.2 Å². The summed E-state index contributed by atoms with van der Waals surface area (Å²) in [5.74, 6) is 0.236. The van der Waals surface area contributed by atoms with Gasteiger partial charge in [0.2, 0.25) is 11.8 Å². The molecule has 3 fully saturated rings. The highest BCUT2D eigenvalue weighted by atomic mass is 16.5. The first-order chi connectivity index (χ1) is 33.1. The van der Waals surface area contributed by atoms with Crippen LogP contribution in [0.15, 0.2) is 71.9 Å². The van der Waals surface area contributed by atoms with Crippen molar-refractivity contribution in [3.05, 3.63) is 94.4 Å². The SMILES string of the molecule is COC(=O)N[C@H](C(=O)N1C[C@@H](C)C[C@H]1n1cnc(-c2ccc(-c3ccc(-c4ccc5nc([C@@H]6C[C@H](C)CN6C(=O)[C@@H](NC(=O)OC)C(C)C)[nH]c(=O)c5c4)c4c3CC3(CCCC3)C4)cc2)c1)C(C)C. The monoisotopic (exact) mass is 939 g/mol. The Morgan fingerprint density at radius 2 is 1.29 bits per heavy atom. The lowest BCUT2D eigenvalue weighted by Crippen LogP contribution is -2.51. The van der Waals surface area contributed by atoms with Crippen LogP contribution in [0.25, 0.3) is 44.4 Å². The number of alkyl carbamates (subject to hydrolysis) is 2. The molecule has 1 saturated carbocycles. The Kier molecular flexibility index (Phi) is 13.2. The Balaban J connectivity index is 0.981. The largest absolute Gasteiger partial charge is 0.453 e. The van der Waals surface area contributed by atoms with E-state index in [0.717, 1.165) is 47.2 Å². The number of imidazole rings is 1. The van der Waals surface area contributed by atoms with Crippen molar-refractivity contribution in [1.29, 1.82) is 0 Å². The number of nitrogens with zero attached hydrogens (tertiary/aromatic N) is 5. The molecule has 3 N–H and O–H groups in total. The normalized spacial score (nSPS) is 21.5. The smallest absolute Gasteiger partial charge is 0.407 e. The second-order valence-corrected chi connectivity index (χ2v) is 21.0. The molecule has 15 nitrogen and oxygen atoms in total. The van der Waals surface area contributed by atoms with Gasteiger partial charge in [-0.25, -0.2) is 19.6 Å². The van der Waals surface area contributed by atoms with E-state index < -0.39 is 30.3 Å². The quantitative estimate of drug-likeness (QED) is 0.117. The first-order valence-electron chi connectivity index (χ1n) is 24.7. The number of benzene rings is 3. The van der Waals surface area contributed by atoms with Gasteiger partial charge in [0.25, 0.3) is 5.56 Å². The van der Waals surface area contributed by atoms with E-state index in [4.69, 9.17) is 19.4 Å². The second kappa shape index (κ2) is 19.1. The molecule has 4 amide bonds. The van der Waals surface area contributed by atoms with Crippen molar-refractivity contribution in [2.24, 2.45) is 29.1 Å². The number of likely N-dealkylation sites (tertiary alicyclic amines) is 2. The maximum atomic E-state index is 14.0. The highest BCUT2D eigenvalue weighted by Crippen LogP contribution is 2.53. The van der Waals surface area contributed by atoms with Gasteiger partial charge in [-0.05, 0) is 113 Å². The first kappa shape index (κ1) is 47.6. The predicted molar refractivity (Wildman–Crippen MR) is 264 cm³/mol. The van der Waals surface area contributed by atoms with Crippen LogP contribution in [0.5, 0.6) is 0 Å². The number of amides is 4. The molecule has 9 rings (SSSR count). The number of ether oxygens (including phenoxy) is 2. The second-order valence-electron chi connectivity index (χ2n) is 21.0. The molecule has 2 aliphatic heterocycles. The van der Waals surface area contributed by atoms with Crippen LogP contribution in [-0.2, 0) is 31.9 Å². The third-order valence-corrected chi connectivity index (χ3v) is 15.3. The zero-order valence-corrected chi connectivity index (χ0v) is 41.1. The number of carbonyl (C=O) groups excluding carboxylic acids is 4. The van der Waals surface area contributed by atoms with E-state index in [1.54, 1.807) is 11.2 Å². The van der Waals surface area contributed by atoms with Crippen LogP contribution in [0.4, 0.5) is 9.59 Å². The molecule has 3 aromatic carbocycles. The minimum Gasteiger partial charge on any atom is -0.453 e. The lowest BCUT2D eigenvalue weighted by molar-refractivity contribution is -0.137. The Bertz CT molecular complexity index is 2830. The van der Waals surface area contributed by atoms with Crippen molar-refractivity contribution in [2.45, 2.75) is 117 Å². The minimum atomic E-state index is -0.783. The summed E-state index contributed by atoms with van der Waals surface area (Å²) in [4.78, 5) is 82.6. The van der Waals surface area contributed by atoms with Crippen molar-refractivity contribution in [3.63, 3.8) is 0 Å². The summed E-state index contributed by atoms with van der Waals surface area (Å²) in [5, 5.41) is 5.94. The van der Waals surface area contributed by atoms with E-state index >= 15 is 0 Å². The van der Waals surface area contributed by atoms with Crippen molar-refractivity contribution >= 4 is 34.9 Å². The first-order valence-corrected chi connectivity index (χ1v) is 24.7. The van der Waals surface area contributed by atoms with Crippen molar-refractivity contribution < 1.29 is 28.7 Å². The van der Waals surface area contributed by atoms with Gasteiger partial charge in [0.05, 0.1) is 43.2 Å². The van der Waals surface area contributed by atoms with E-state index in [1.807, 2.05) is 55.5 Å². The molecule has 69 heavy (non-hydrogen) atoms. The van der Waals surface area contributed by atoms with E-state index in [2.05, 4.69) is 71.9 Å². The number of nitrogens with one attached hydrogen (secondary N) is 3. The minimum absolute atomic E-state index is 0.119. The van der Waals surface area contributed by atoms with Gasteiger partial charge in [-0.1, -0.05) is 96.8 Å². The highest BCUT2D eigenvalue weighted by Gasteiger charge is 2.43. The summed E-state index contributed by atoms with van der Waals surface area (Å²) >= 11 is 0. The lowest BCUT2D eigenvalue weighted by Gasteiger charge is -2.31. The van der Waals surface area contributed by atoms with E-state index in [-0.39, 0.29) is 52.6 Å². The fraction of sp³-hybridized carbons (Fsp3) is 0.500. The molecule has 6 atom stereocenters. The van der Waals surface area contributed by atoms with Gasteiger partial charge < -0.3 is 39.5 Å². The number of hydrogen-bond donors (Lipinski definition) is 3. The highest BCUT2D eigenvalue weighted by molar-refractivity contribution is 5.89. The third-order valence-electron chi connectivity index (χ3n) is 15.3. The Morgan fingerprint density at radius 3 is 1.90 bits per heavy atom. The molecule has 1 spiro atoms. The molecule has 2 aromatic heterocycles. The standard InChI is InChI=1S/C54H66N8O7/c1-30(2)46(57-52(66)68-7)50(64)61-26-32(5)21-44(61)48-56-42-18-15-36(23-39(42)49(63)59-48)38-17-16-37(40-24-54(25-41(38)40)19-9-10-20-54)34-11-13-35(14-12-34)43-28-60(29-55-43)45-22-33(6)27-62(45)51(65)47(31(3)4)58-53(67)69-8/h11-18,23,28-33,44-47H,9-10,19-22,24-27H2,1-8H3,(H,57,66)(H,58,67)(H,56,59,63)/t32-,33-,44-,45-,46-,47-/m0/s1. The molecule has 4 heterocycles. The zero-order valence-electron chi connectivity index (χ0n) is 41.1. The summed E-state index contributed by atoms with van der Waals surface area (Å²) in [6.07, 6.45) is 10.6. The average Bonchev–Trinajstić information content (AvgIpc) is 4.20. The molecule has 364 valence electrons. The molecular formula is C54H66N8O7. The number of rotatable bonds is 11. The number of aromatic amines is 1. The maximum absolute atomic E-state index is 14.0. The summed E-state index contributed by atoms with van der Waals surface area (Å²) in [6.45, 7) is 12.9. The molecule has 2 aliphatic carbocycles. The number of methoxy groups -OCH3 is 2. The lowest BCUT2D eigenvalue weighted by atomic mass is 9.82. The van der Waals surface area contributed by atoms with Crippen molar-refractivity contribution in [3.8, 4) is 33.5 Å². The molecule has 0 unspecified atom stereocenters. The fourth-order valence-corrected chi connectivity index (χ4v) is 11.7. The van der Waals surface area contributed by atoms with Gasteiger partial charge >= 0.3 is 12.2 Å². The van der Waals surface area contributed by atoms with Crippen LogP contribution in [0.2, 0.25) is 0 Å². The van der Waals surface area contributed by atoms with E-state index in [1.165, 1.54) is 56.6 Å². The molecule has 0 bridgehead atoms. The number of fused-ring (bicyclic) bond motifs is 2. The molecule has 2 saturated heterocycles. The third kappa shape index (κ3) is 9.24. The van der Waals surface area contributed by atoms with Gasteiger partial charge in [-0.2, -0.15) is 0 Å². The van der Waals surface area contributed by atoms with Gasteiger partial charge in [-0.3, -0.25) is 14.4 Å². The summed E-state index contributed by atoms with van der Waals surface area (Å²) < 4.78 is 11.7. The van der Waals surface area contributed by atoms with Crippen molar-refractivity contribution in [2.75, 3.05) is 27.3 Å². The van der Waals surface area contributed by atoms with Crippen LogP contribution in [0.3, 0.4) is 0 Å². The number of aromatic nitrogens is 4. The maximum Gasteiger partial charge on any atom is 0.407 e. The van der Waals surface area contributed by atoms with Crippen LogP contribution in [-0.4, -0.2) is 92.7 Å². The molecular weight excluding hydrogens is 873 g/mol. The molecule has 5 aromatic rings. The predicted octanol–water partition coefficient (Wildman–Crippen LogP) is 8.82. The van der Waals surface area contributed by atoms with Gasteiger partial charge in [0, 0.05) is 24.8 Å². The Morgan fingerprint density at radius 1 is 0.739 bits per heavy atom. The molecule has 4 aliphatic rings. The van der Waals surface area contributed by atoms with Crippen LogP contribution in [0, 0.1) is 29.1 Å². The Hall–Kier alpha value is -6.51. The van der Waals surface area contributed by atoms with Crippen LogP contribution in [0.1, 0.15) is 109 Å². The number of H-pyrrole nitrogens is 1. The van der Waals surface area contributed by atoms with Crippen molar-refractivity contribution in [1.82, 2.24) is 40.0 Å². The van der Waals surface area contributed by atoms with Gasteiger partial charge in [-0.15, -0.1) is 0 Å². The van der Waals surface area contributed by atoms with E-state index in [9.17, 15) is 24.0 Å².